The second kappa shape index (κ2) is 8.58. The molecule has 5 nitrogen and oxygen atoms in total. The minimum absolute atomic E-state index is 0.0142. The van der Waals surface area contributed by atoms with E-state index in [1.54, 1.807) is 6.92 Å². The molecule has 4 aliphatic carbocycles. The van der Waals surface area contributed by atoms with E-state index in [9.17, 15) is 14.7 Å². The van der Waals surface area contributed by atoms with Crippen LogP contribution in [-0.4, -0.2) is 35.4 Å². The van der Waals surface area contributed by atoms with Crippen LogP contribution in [0.2, 0.25) is 0 Å². The Labute approximate surface area is 217 Å². The summed E-state index contributed by atoms with van der Waals surface area (Å²) < 4.78 is 12.1. The first-order valence-electron chi connectivity index (χ1n) is 14.6. The van der Waals surface area contributed by atoms with Gasteiger partial charge in [0.05, 0.1) is 12.5 Å². The average Bonchev–Trinajstić information content (AvgIpc) is 3.08. The maximum absolute atomic E-state index is 13.3. The molecule has 10 atom stereocenters. The first-order chi connectivity index (χ1) is 16.8. The molecule has 3 saturated carbocycles. The number of fused-ring (bicyclic) bond motifs is 6. The van der Waals surface area contributed by atoms with Gasteiger partial charge in [-0.05, 0) is 98.4 Å². The van der Waals surface area contributed by atoms with Crippen molar-refractivity contribution in [1.29, 1.82) is 0 Å². The van der Waals surface area contributed by atoms with Crippen molar-refractivity contribution >= 4 is 11.9 Å². The van der Waals surface area contributed by atoms with Crippen LogP contribution in [0.15, 0.2) is 11.1 Å². The standard InChI is InChI=1S/C31H48O5/c1-8-28(4)13-9-14-29(5)21(28)12-15-30(6)22-11-10-20-19(3)35-27(34)26(20)31(22,7)24(17-23(29)30)36-25(33)16-18(2)32/h18-19,21-24,32H,8-17H2,1-7H3/t18-,19+,21-,22-,23+,24-,28-,29-,30-,31+/m0/s1. The summed E-state index contributed by atoms with van der Waals surface area (Å²) in [4.78, 5) is 26.3. The Bertz CT molecular complexity index is 968. The van der Waals surface area contributed by atoms with Gasteiger partial charge in [-0.3, -0.25) is 4.79 Å². The van der Waals surface area contributed by atoms with Crippen LogP contribution in [0.3, 0.4) is 0 Å². The van der Waals surface area contributed by atoms with E-state index >= 15 is 0 Å². The maximum atomic E-state index is 13.3. The van der Waals surface area contributed by atoms with Gasteiger partial charge in [0.15, 0.2) is 0 Å². The molecule has 0 aromatic heterocycles. The fourth-order valence-electron chi connectivity index (χ4n) is 10.6. The van der Waals surface area contributed by atoms with Gasteiger partial charge < -0.3 is 14.6 Å². The number of ether oxygens (including phenoxy) is 2. The van der Waals surface area contributed by atoms with Crippen molar-refractivity contribution in [3.05, 3.63) is 11.1 Å². The van der Waals surface area contributed by atoms with Gasteiger partial charge in [-0.25, -0.2) is 4.79 Å². The Morgan fingerprint density at radius 1 is 1.08 bits per heavy atom. The van der Waals surface area contributed by atoms with Crippen molar-refractivity contribution in [1.82, 2.24) is 0 Å². The summed E-state index contributed by atoms with van der Waals surface area (Å²) in [6.07, 6.45) is 8.82. The Balaban J connectivity index is 1.61. The molecule has 0 aromatic rings. The number of hydrogen-bond donors (Lipinski definition) is 1. The fraction of sp³-hybridized carbons (Fsp3) is 0.871. The van der Waals surface area contributed by atoms with Crippen molar-refractivity contribution in [2.75, 3.05) is 0 Å². The lowest BCUT2D eigenvalue weighted by Crippen LogP contribution is -2.66. The number of esters is 2. The van der Waals surface area contributed by atoms with Crippen molar-refractivity contribution in [3.8, 4) is 0 Å². The largest absolute Gasteiger partial charge is 0.461 e. The number of hydrogen-bond acceptors (Lipinski definition) is 5. The van der Waals surface area contributed by atoms with E-state index in [0.29, 0.717) is 17.3 Å². The molecule has 1 aliphatic heterocycles. The van der Waals surface area contributed by atoms with Crippen LogP contribution in [0.5, 0.6) is 0 Å². The summed E-state index contributed by atoms with van der Waals surface area (Å²) in [5.41, 5.74) is 2.01. The minimum Gasteiger partial charge on any atom is -0.461 e. The van der Waals surface area contributed by atoms with E-state index in [1.165, 1.54) is 38.5 Å². The number of aliphatic hydroxyl groups is 1. The lowest BCUT2D eigenvalue weighted by Gasteiger charge is -2.70. The number of carbonyl (C=O) groups excluding carboxylic acids is 2. The average molecular weight is 501 g/mol. The Hall–Kier alpha value is -1.36. The highest BCUT2D eigenvalue weighted by molar-refractivity contribution is 5.94. The normalized spacial score (nSPS) is 48.8. The number of rotatable bonds is 4. The highest BCUT2D eigenvalue weighted by Crippen LogP contribution is 2.74. The lowest BCUT2D eigenvalue weighted by molar-refractivity contribution is -0.228. The number of cyclic esters (lactones) is 1. The quantitative estimate of drug-likeness (QED) is 0.454. The summed E-state index contributed by atoms with van der Waals surface area (Å²) in [5.74, 6) is 0.811. The summed E-state index contributed by atoms with van der Waals surface area (Å²) in [7, 11) is 0. The van der Waals surface area contributed by atoms with Crippen molar-refractivity contribution in [2.24, 2.45) is 39.4 Å². The monoisotopic (exact) mass is 500 g/mol. The highest BCUT2D eigenvalue weighted by Gasteiger charge is 2.70. The molecule has 0 saturated heterocycles. The van der Waals surface area contributed by atoms with Crippen LogP contribution in [0, 0.1) is 39.4 Å². The number of carbonyl (C=O) groups is 2. The smallest absolute Gasteiger partial charge is 0.335 e. The second-order valence-electron chi connectivity index (χ2n) is 14.1. The van der Waals surface area contributed by atoms with Gasteiger partial charge in [-0.2, -0.15) is 0 Å². The molecule has 202 valence electrons. The van der Waals surface area contributed by atoms with Crippen LogP contribution in [-0.2, 0) is 19.1 Å². The topological polar surface area (TPSA) is 72.8 Å². The molecule has 0 amide bonds. The van der Waals surface area contributed by atoms with E-state index in [-0.39, 0.29) is 47.3 Å². The summed E-state index contributed by atoms with van der Waals surface area (Å²) in [6, 6.07) is 0. The molecule has 3 fully saturated rings. The molecule has 1 heterocycles. The van der Waals surface area contributed by atoms with E-state index < -0.39 is 11.5 Å². The van der Waals surface area contributed by atoms with Crippen molar-refractivity contribution < 1.29 is 24.2 Å². The Morgan fingerprint density at radius 2 is 1.78 bits per heavy atom. The first-order valence-corrected chi connectivity index (χ1v) is 14.6. The van der Waals surface area contributed by atoms with E-state index in [2.05, 4.69) is 34.6 Å². The Morgan fingerprint density at radius 3 is 2.44 bits per heavy atom. The predicted octanol–water partition coefficient (Wildman–Crippen LogP) is 6.37. The first kappa shape index (κ1) is 26.3. The maximum Gasteiger partial charge on any atom is 0.335 e. The van der Waals surface area contributed by atoms with Gasteiger partial charge >= 0.3 is 11.9 Å². The van der Waals surface area contributed by atoms with Crippen molar-refractivity contribution in [3.63, 3.8) is 0 Å². The molecule has 5 rings (SSSR count). The van der Waals surface area contributed by atoms with E-state index in [4.69, 9.17) is 9.47 Å². The lowest BCUT2D eigenvalue weighted by atomic mass is 9.35. The molecular weight excluding hydrogens is 452 g/mol. The molecule has 0 unspecified atom stereocenters. The highest BCUT2D eigenvalue weighted by atomic mass is 16.6. The van der Waals surface area contributed by atoms with Gasteiger partial charge in [-0.1, -0.05) is 47.5 Å². The molecule has 5 aliphatic rings. The van der Waals surface area contributed by atoms with Crippen LogP contribution in [0.4, 0.5) is 0 Å². The van der Waals surface area contributed by atoms with Crippen LogP contribution in [0.1, 0.15) is 113 Å². The van der Waals surface area contributed by atoms with Crippen LogP contribution in [0.25, 0.3) is 0 Å². The molecule has 0 radical (unpaired) electrons. The van der Waals surface area contributed by atoms with Gasteiger partial charge in [-0.15, -0.1) is 0 Å². The SMILES string of the molecule is CC[C@@]1(C)CCC[C@]2(C)[C@H]3C[C@H](OC(=O)C[C@H](C)O)[C@]4(C)C5=C(CC[C@H]4[C@]3(C)CC[C@@H]12)[C@@H](C)OC5=O. The van der Waals surface area contributed by atoms with Crippen LogP contribution >= 0.6 is 0 Å². The molecular formula is C31H48O5. The van der Waals surface area contributed by atoms with Crippen molar-refractivity contribution in [2.45, 2.75) is 131 Å². The summed E-state index contributed by atoms with van der Waals surface area (Å²) in [5, 5.41) is 9.90. The summed E-state index contributed by atoms with van der Waals surface area (Å²) in [6.45, 7) is 15.7. The Kier molecular flexibility index (Phi) is 6.26. The van der Waals surface area contributed by atoms with Crippen LogP contribution < -0.4 is 0 Å². The van der Waals surface area contributed by atoms with Gasteiger partial charge in [0.25, 0.3) is 0 Å². The molecule has 5 heteroatoms. The van der Waals surface area contributed by atoms with Gasteiger partial charge in [0.1, 0.15) is 12.2 Å². The zero-order valence-electron chi connectivity index (χ0n) is 23.6. The molecule has 1 N–H and O–H groups in total. The van der Waals surface area contributed by atoms with E-state index in [1.807, 2.05) is 6.92 Å². The third-order valence-electron chi connectivity index (χ3n) is 12.4. The zero-order valence-corrected chi connectivity index (χ0v) is 23.6. The fourth-order valence-corrected chi connectivity index (χ4v) is 10.6. The molecule has 36 heavy (non-hydrogen) atoms. The van der Waals surface area contributed by atoms with Gasteiger partial charge in [0, 0.05) is 11.0 Å². The second-order valence-corrected chi connectivity index (χ2v) is 14.1. The summed E-state index contributed by atoms with van der Waals surface area (Å²) >= 11 is 0. The van der Waals surface area contributed by atoms with E-state index in [0.717, 1.165) is 30.4 Å². The van der Waals surface area contributed by atoms with Gasteiger partial charge in [0.2, 0.25) is 0 Å². The third kappa shape index (κ3) is 3.50. The molecule has 0 aromatic carbocycles. The number of aliphatic hydroxyl groups excluding tert-OH is 1. The molecule has 0 spiro atoms. The zero-order chi connectivity index (χ0) is 26.3. The molecule has 0 bridgehead atoms. The third-order valence-corrected chi connectivity index (χ3v) is 12.4. The minimum atomic E-state index is -0.743. The predicted molar refractivity (Wildman–Crippen MR) is 139 cm³/mol.